The third-order valence-corrected chi connectivity index (χ3v) is 4.49. The highest BCUT2D eigenvalue weighted by Gasteiger charge is 2.07. The summed E-state index contributed by atoms with van der Waals surface area (Å²) in [5.74, 6) is 0.218. The van der Waals surface area contributed by atoms with Crippen molar-refractivity contribution in [2.24, 2.45) is 5.10 Å². The van der Waals surface area contributed by atoms with E-state index in [9.17, 15) is 9.90 Å². The molecule has 3 aromatic rings. The zero-order valence-corrected chi connectivity index (χ0v) is 14.5. The lowest BCUT2D eigenvalue weighted by Gasteiger charge is -2.07. The van der Waals surface area contributed by atoms with Gasteiger partial charge in [-0.25, -0.2) is 5.43 Å². The molecule has 0 aliphatic carbocycles. The SMILES string of the molecule is Cc1cc(SCC(=O)N/N=C\c2cccc(O)c2)c2ccccc2n1. The zero-order chi connectivity index (χ0) is 17.6. The molecule has 6 heteroatoms. The molecule has 0 atom stereocenters. The Balaban J connectivity index is 1.61. The lowest BCUT2D eigenvalue weighted by atomic mass is 10.2. The molecular formula is C19H17N3O2S. The average molecular weight is 351 g/mol. The van der Waals surface area contributed by atoms with E-state index in [2.05, 4.69) is 15.5 Å². The molecule has 2 N–H and O–H groups in total. The zero-order valence-electron chi connectivity index (χ0n) is 13.6. The van der Waals surface area contributed by atoms with Crippen molar-refractivity contribution in [2.45, 2.75) is 11.8 Å². The number of amides is 1. The quantitative estimate of drug-likeness (QED) is 0.419. The van der Waals surface area contributed by atoms with E-state index in [1.807, 2.05) is 37.3 Å². The summed E-state index contributed by atoms with van der Waals surface area (Å²) >= 11 is 1.45. The van der Waals surface area contributed by atoms with Crippen LogP contribution in [0.15, 0.2) is 64.6 Å². The predicted octanol–water partition coefficient (Wildman–Crippen LogP) is 3.49. The van der Waals surface area contributed by atoms with E-state index in [4.69, 9.17) is 0 Å². The van der Waals surface area contributed by atoms with Crippen LogP contribution in [-0.2, 0) is 4.79 Å². The minimum Gasteiger partial charge on any atom is -0.508 e. The fourth-order valence-electron chi connectivity index (χ4n) is 2.35. The lowest BCUT2D eigenvalue weighted by Crippen LogP contribution is -2.19. The van der Waals surface area contributed by atoms with Gasteiger partial charge in [-0.05, 0) is 36.8 Å². The smallest absolute Gasteiger partial charge is 0.250 e. The minimum absolute atomic E-state index is 0.158. The molecule has 0 spiro atoms. The van der Waals surface area contributed by atoms with Crippen LogP contribution >= 0.6 is 11.8 Å². The van der Waals surface area contributed by atoms with Crippen molar-refractivity contribution >= 4 is 34.8 Å². The van der Waals surface area contributed by atoms with Crippen LogP contribution in [0.2, 0.25) is 0 Å². The number of phenolic OH excluding ortho intramolecular Hbond substituents is 1. The number of rotatable bonds is 5. The highest BCUT2D eigenvalue weighted by molar-refractivity contribution is 8.00. The molecule has 0 saturated heterocycles. The summed E-state index contributed by atoms with van der Waals surface area (Å²) in [7, 11) is 0. The first kappa shape index (κ1) is 17.0. The summed E-state index contributed by atoms with van der Waals surface area (Å²) < 4.78 is 0. The summed E-state index contributed by atoms with van der Waals surface area (Å²) in [5.41, 5.74) is 5.05. The van der Waals surface area contributed by atoms with Gasteiger partial charge in [0, 0.05) is 16.0 Å². The van der Waals surface area contributed by atoms with Crippen LogP contribution in [-0.4, -0.2) is 28.0 Å². The first-order valence-electron chi connectivity index (χ1n) is 7.72. The molecule has 1 amide bonds. The number of aryl methyl sites for hydroxylation is 1. The molecule has 0 bridgehead atoms. The standard InChI is InChI=1S/C19H17N3O2S/c1-13-9-18(16-7-2-3-8-17(16)21-13)25-12-19(24)22-20-11-14-5-4-6-15(23)10-14/h2-11,23H,12H2,1H3,(H,22,24)/b20-11-. The Bertz CT molecular complexity index is 941. The number of pyridine rings is 1. The van der Waals surface area contributed by atoms with Crippen LogP contribution in [0.1, 0.15) is 11.3 Å². The van der Waals surface area contributed by atoms with Crippen LogP contribution in [0.25, 0.3) is 10.9 Å². The first-order chi connectivity index (χ1) is 12.1. The fraction of sp³-hybridized carbons (Fsp3) is 0.105. The molecular weight excluding hydrogens is 334 g/mol. The number of fused-ring (bicyclic) bond motifs is 1. The van der Waals surface area contributed by atoms with E-state index in [1.54, 1.807) is 24.3 Å². The largest absolute Gasteiger partial charge is 0.508 e. The van der Waals surface area contributed by atoms with Gasteiger partial charge in [0.05, 0.1) is 17.5 Å². The van der Waals surface area contributed by atoms with Crippen molar-refractivity contribution in [3.63, 3.8) is 0 Å². The van der Waals surface area contributed by atoms with E-state index >= 15 is 0 Å². The monoisotopic (exact) mass is 351 g/mol. The minimum atomic E-state index is -0.194. The maximum atomic E-state index is 12.0. The molecule has 1 aromatic heterocycles. The van der Waals surface area contributed by atoms with Gasteiger partial charge in [0.25, 0.3) is 0 Å². The van der Waals surface area contributed by atoms with Gasteiger partial charge in [-0.1, -0.05) is 30.3 Å². The van der Waals surface area contributed by atoms with Crippen molar-refractivity contribution in [1.29, 1.82) is 0 Å². The van der Waals surface area contributed by atoms with Gasteiger partial charge in [0.2, 0.25) is 5.91 Å². The van der Waals surface area contributed by atoms with Crippen molar-refractivity contribution in [2.75, 3.05) is 5.75 Å². The Hall–Kier alpha value is -2.86. The number of thioether (sulfide) groups is 1. The predicted molar refractivity (Wildman–Crippen MR) is 101 cm³/mol. The number of nitrogens with zero attached hydrogens (tertiary/aromatic N) is 2. The van der Waals surface area contributed by atoms with Crippen LogP contribution in [0.5, 0.6) is 5.75 Å². The maximum absolute atomic E-state index is 12.0. The number of aromatic hydroxyl groups is 1. The van der Waals surface area contributed by atoms with Gasteiger partial charge in [0.15, 0.2) is 0 Å². The Kier molecular flexibility index (Phi) is 5.30. The number of hydrogen-bond acceptors (Lipinski definition) is 5. The number of aromatic nitrogens is 1. The number of nitrogens with one attached hydrogen (secondary N) is 1. The van der Waals surface area contributed by atoms with Crippen LogP contribution in [0, 0.1) is 6.92 Å². The molecule has 25 heavy (non-hydrogen) atoms. The van der Waals surface area contributed by atoms with Crippen molar-refractivity contribution in [3.05, 3.63) is 65.9 Å². The molecule has 126 valence electrons. The molecule has 0 saturated carbocycles. The van der Waals surface area contributed by atoms with E-state index < -0.39 is 0 Å². The number of phenols is 1. The Morgan fingerprint density at radius 3 is 2.92 bits per heavy atom. The average Bonchev–Trinajstić information content (AvgIpc) is 2.59. The van der Waals surface area contributed by atoms with E-state index in [0.29, 0.717) is 5.56 Å². The van der Waals surface area contributed by atoms with E-state index in [1.165, 1.54) is 18.0 Å². The van der Waals surface area contributed by atoms with Gasteiger partial charge in [-0.3, -0.25) is 9.78 Å². The highest BCUT2D eigenvalue weighted by Crippen LogP contribution is 2.27. The Morgan fingerprint density at radius 1 is 1.24 bits per heavy atom. The Labute approximate surface area is 149 Å². The number of hydrogen-bond donors (Lipinski definition) is 2. The summed E-state index contributed by atoms with van der Waals surface area (Å²) in [6, 6.07) is 16.5. The number of carbonyl (C=O) groups is 1. The summed E-state index contributed by atoms with van der Waals surface area (Å²) in [6.45, 7) is 1.94. The summed E-state index contributed by atoms with van der Waals surface area (Å²) in [4.78, 5) is 17.5. The second kappa shape index (κ2) is 7.81. The lowest BCUT2D eigenvalue weighted by molar-refractivity contribution is -0.118. The van der Waals surface area contributed by atoms with Crippen LogP contribution < -0.4 is 5.43 Å². The third kappa shape index (κ3) is 4.58. The van der Waals surface area contributed by atoms with E-state index in [0.717, 1.165) is 21.5 Å². The molecule has 0 fully saturated rings. The molecule has 1 heterocycles. The maximum Gasteiger partial charge on any atom is 0.250 e. The molecule has 0 aliphatic rings. The second-order valence-corrected chi connectivity index (χ2v) is 6.47. The van der Waals surface area contributed by atoms with Crippen LogP contribution in [0.3, 0.4) is 0 Å². The normalized spacial score (nSPS) is 11.1. The molecule has 0 unspecified atom stereocenters. The summed E-state index contributed by atoms with van der Waals surface area (Å²) in [5, 5.41) is 14.3. The van der Waals surface area contributed by atoms with Gasteiger partial charge >= 0.3 is 0 Å². The molecule has 0 aliphatic heterocycles. The van der Waals surface area contributed by atoms with Crippen molar-refractivity contribution in [3.8, 4) is 5.75 Å². The number of carbonyl (C=O) groups excluding carboxylic acids is 1. The number of benzene rings is 2. The first-order valence-corrected chi connectivity index (χ1v) is 8.70. The second-order valence-electron chi connectivity index (χ2n) is 5.46. The third-order valence-electron chi connectivity index (χ3n) is 3.44. The van der Waals surface area contributed by atoms with Crippen molar-refractivity contribution in [1.82, 2.24) is 10.4 Å². The van der Waals surface area contributed by atoms with Crippen LogP contribution in [0.4, 0.5) is 0 Å². The molecule has 2 aromatic carbocycles. The fourth-order valence-corrected chi connectivity index (χ4v) is 3.28. The number of para-hydroxylation sites is 1. The molecule has 0 radical (unpaired) electrons. The van der Waals surface area contributed by atoms with Gasteiger partial charge < -0.3 is 5.11 Å². The number of hydrazone groups is 1. The van der Waals surface area contributed by atoms with E-state index in [-0.39, 0.29) is 17.4 Å². The van der Waals surface area contributed by atoms with Crippen molar-refractivity contribution < 1.29 is 9.90 Å². The summed E-state index contributed by atoms with van der Waals surface area (Å²) in [6.07, 6.45) is 1.49. The van der Waals surface area contributed by atoms with Gasteiger partial charge in [-0.2, -0.15) is 5.10 Å². The molecule has 5 nitrogen and oxygen atoms in total. The van der Waals surface area contributed by atoms with Gasteiger partial charge in [0.1, 0.15) is 5.75 Å². The van der Waals surface area contributed by atoms with Gasteiger partial charge in [-0.15, -0.1) is 11.8 Å². The topological polar surface area (TPSA) is 74.6 Å². The Morgan fingerprint density at radius 2 is 2.08 bits per heavy atom. The molecule has 3 rings (SSSR count). The highest BCUT2D eigenvalue weighted by atomic mass is 32.2.